The Morgan fingerprint density at radius 1 is 1.13 bits per heavy atom. The van der Waals surface area contributed by atoms with Crippen molar-refractivity contribution in [2.24, 2.45) is 11.1 Å². The fraction of sp³-hybridized carbons (Fsp3) is 0.739. The molecular weight excluding hydrogens is 396 g/mol. The number of primary amides is 1. The Bertz CT molecular complexity index is 722. The Morgan fingerprint density at radius 3 is 2.32 bits per heavy atom. The molecular formula is C23H36N4O4. The Morgan fingerprint density at radius 2 is 1.77 bits per heavy atom. The number of nitrogens with zero attached hydrogens (tertiary/aromatic N) is 1. The summed E-state index contributed by atoms with van der Waals surface area (Å²) >= 11 is 0. The lowest BCUT2D eigenvalue weighted by Gasteiger charge is -2.39. The van der Waals surface area contributed by atoms with E-state index in [1.165, 1.54) is 6.92 Å². The second kappa shape index (κ2) is 11.2. The molecule has 0 aromatic heterocycles. The average Bonchev–Trinajstić information content (AvgIpc) is 3.10. The van der Waals surface area contributed by atoms with E-state index in [9.17, 15) is 19.2 Å². The number of hydrogen-bond acceptors (Lipinski definition) is 4. The first-order valence-corrected chi connectivity index (χ1v) is 11.3. The fourth-order valence-electron chi connectivity index (χ4n) is 4.84. The zero-order chi connectivity index (χ0) is 23.0. The van der Waals surface area contributed by atoms with Crippen LogP contribution in [0.4, 0.5) is 4.79 Å². The third-order valence-corrected chi connectivity index (χ3v) is 6.70. The first-order chi connectivity index (χ1) is 14.7. The summed E-state index contributed by atoms with van der Waals surface area (Å²) in [6, 6.07) is -2.86. The van der Waals surface area contributed by atoms with Gasteiger partial charge < -0.3 is 21.3 Å². The van der Waals surface area contributed by atoms with Gasteiger partial charge in [0.25, 0.3) is 0 Å². The predicted octanol–water partition coefficient (Wildman–Crippen LogP) is 1.86. The molecule has 1 aliphatic carbocycles. The topological polar surface area (TPSA) is 122 Å². The molecule has 172 valence electrons. The zero-order valence-electron chi connectivity index (χ0n) is 18.7. The maximum Gasteiger partial charge on any atom is 0.312 e. The van der Waals surface area contributed by atoms with Gasteiger partial charge >= 0.3 is 6.03 Å². The van der Waals surface area contributed by atoms with Crippen LogP contribution in [0.15, 0.2) is 0 Å². The fourth-order valence-corrected chi connectivity index (χ4v) is 4.84. The summed E-state index contributed by atoms with van der Waals surface area (Å²) in [5.74, 6) is 1.68. The smallest absolute Gasteiger partial charge is 0.312 e. The molecule has 1 aliphatic heterocycles. The molecule has 8 nitrogen and oxygen atoms in total. The number of amides is 4. The van der Waals surface area contributed by atoms with E-state index in [0.717, 1.165) is 38.5 Å². The monoisotopic (exact) mass is 432 g/mol. The Kier molecular flexibility index (Phi) is 8.90. The Labute approximate surface area is 185 Å². The third-order valence-electron chi connectivity index (χ3n) is 6.70. The standard InChI is InChI=1S/C23H36N4O4/c1-4-5-11-17(16(2)28)25-20(29)18-12-10-15-27(18)21(30)19(26-22(24)31)23(3)13-8-6-7-9-14-23/h1,17-19H,5-15H2,2-3H3,(H,25,29)(H3,24,26,31). The number of nitrogens with one attached hydrogen (secondary N) is 2. The van der Waals surface area contributed by atoms with Crippen LogP contribution >= 0.6 is 0 Å². The van der Waals surface area contributed by atoms with Gasteiger partial charge in [0.1, 0.15) is 12.1 Å². The molecule has 3 unspecified atom stereocenters. The summed E-state index contributed by atoms with van der Waals surface area (Å²) in [6.07, 6.45) is 13.0. The lowest BCUT2D eigenvalue weighted by molar-refractivity contribution is -0.143. The lowest BCUT2D eigenvalue weighted by Crippen LogP contribution is -2.60. The van der Waals surface area contributed by atoms with Gasteiger partial charge in [0.05, 0.1) is 6.04 Å². The summed E-state index contributed by atoms with van der Waals surface area (Å²) in [4.78, 5) is 51.8. The highest BCUT2D eigenvalue weighted by atomic mass is 16.2. The number of carbonyl (C=O) groups is 4. The number of carbonyl (C=O) groups excluding carboxylic acids is 4. The van der Waals surface area contributed by atoms with Crippen LogP contribution in [-0.4, -0.2) is 53.2 Å². The van der Waals surface area contributed by atoms with Crippen molar-refractivity contribution in [3.63, 3.8) is 0 Å². The van der Waals surface area contributed by atoms with E-state index in [0.29, 0.717) is 32.2 Å². The van der Waals surface area contributed by atoms with Gasteiger partial charge in [-0.25, -0.2) is 4.79 Å². The predicted molar refractivity (Wildman–Crippen MR) is 118 cm³/mol. The summed E-state index contributed by atoms with van der Waals surface area (Å²) in [5, 5.41) is 5.45. The molecule has 1 saturated carbocycles. The van der Waals surface area contributed by atoms with Crippen LogP contribution in [0.2, 0.25) is 0 Å². The van der Waals surface area contributed by atoms with E-state index in [-0.39, 0.29) is 17.6 Å². The van der Waals surface area contributed by atoms with Crippen LogP contribution in [0.5, 0.6) is 0 Å². The van der Waals surface area contributed by atoms with Crippen molar-refractivity contribution in [2.45, 2.75) is 96.2 Å². The molecule has 0 bridgehead atoms. The normalized spacial score (nSPS) is 22.5. The van der Waals surface area contributed by atoms with E-state index >= 15 is 0 Å². The van der Waals surface area contributed by atoms with Crippen LogP contribution in [-0.2, 0) is 14.4 Å². The number of ketones is 1. The molecule has 0 aromatic rings. The van der Waals surface area contributed by atoms with Gasteiger partial charge in [0, 0.05) is 13.0 Å². The number of nitrogens with two attached hydrogens (primary N) is 1. The quantitative estimate of drug-likeness (QED) is 0.400. The first kappa shape index (κ1) is 24.7. The molecule has 0 spiro atoms. The minimum absolute atomic E-state index is 0.168. The second-order valence-electron chi connectivity index (χ2n) is 9.11. The van der Waals surface area contributed by atoms with Gasteiger partial charge in [0.15, 0.2) is 5.78 Å². The van der Waals surface area contributed by atoms with Crippen LogP contribution < -0.4 is 16.4 Å². The van der Waals surface area contributed by atoms with E-state index in [4.69, 9.17) is 12.2 Å². The van der Waals surface area contributed by atoms with Crippen LogP contribution in [0, 0.1) is 17.8 Å². The maximum absolute atomic E-state index is 13.6. The number of Topliss-reactive ketones (excluding diaryl/α,β-unsaturated/α-hetero) is 1. The molecule has 31 heavy (non-hydrogen) atoms. The molecule has 3 atom stereocenters. The van der Waals surface area contributed by atoms with Crippen LogP contribution in [0.25, 0.3) is 0 Å². The zero-order valence-corrected chi connectivity index (χ0v) is 18.7. The number of terminal acetylenes is 1. The molecule has 1 heterocycles. The van der Waals surface area contributed by atoms with Crippen molar-refractivity contribution >= 4 is 23.6 Å². The van der Waals surface area contributed by atoms with Gasteiger partial charge in [0.2, 0.25) is 11.8 Å². The average molecular weight is 433 g/mol. The molecule has 1 saturated heterocycles. The second-order valence-corrected chi connectivity index (χ2v) is 9.11. The molecule has 4 amide bonds. The summed E-state index contributed by atoms with van der Waals surface area (Å²) < 4.78 is 0. The van der Waals surface area contributed by atoms with Gasteiger partial charge in [-0.3, -0.25) is 14.4 Å². The van der Waals surface area contributed by atoms with Crippen molar-refractivity contribution in [3.8, 4) is 12.3 Å². The molecule has 0 aromatic carbocycles. The van der Waals surface area contributed by atoms with Crippen LogP contribution in [0.1, 0.15) is 78.1 Å². The summed E-state index contributed by atoms with van der Waals surface area (Å²) in [7, 11) is 0. The van der Waals surface area contributed by atoms with Gasteiger partial charge in [-0.05, 0) is 44.4 Å². The van der Waals surface area contributed by atoms with E-state index in [1.54, 1.807) is 4.90 Å². The number of hydrogen-bond donors (Lipinski definition) is 3. The highest BCUT2D eigenvalue weighted by Crippen LogP contribution is 2.39. The number of urea groups is 1. The largest absolute Gasteiger partial charge is 0.352 e. The van der Waals surface area contributed by atoms with Crippen molar-refractivity contribution in [1.82, 2.24) is 15.5 Å². The van der Waals surface area contributed by atoms with Crippen LogP contribution in [0.3, 0.4) is 0 Å². The van der Waals surface area contributed by atoms with E-state index in [1.807, 2.05) is 6.92 Å². The first-order valence-electron chi connectivity index (χ1n) is 11.3. The van der Waals surface area contributed by atoms with Gasteiger partial charge in [-0.2, -0.15) is 0 Å². The maximum atomic E-state index is 13.6. The minimum Gasteiger partial charge on any atom is -0.352 e. The number of rotatable bonds is 8. The summed E-state index contributed by atoms with van der Waals surface area (Å²) in [6.45, 7) is 3.87. The third kappa shape index (κ3) is 6.46. The van der Waals surface area contributed by atoms with Gasteiger partial charge in [-0.15, -0.1) is 12.3 Å². The Balaban J connectivity index is 2.19. The highest BCUT2D eigenvalue weighted by Gasteiger charge is 2.45. The highest BCUT2D eigenvalue weighted by molar-refractivity contribution is 5.94. The number of likely N-dealkylation sites (tertiary alicyclic amines) is 1. The molecule has 4 N–H and O–H groups in total. The van der Waals surface area contributed by atoms with Crippen molar-refractivity contribution < 1.29 is 19.2 Å². The van der Waals surface area contributed by atoms with Crippen molar-refractivity contribution in [1.29, 1.82) is 0 Å². The van der Waals surface area contributed by atoms with Crippen molar-refractivity contribution in [3.05, 3.63) is 0 Å². The van der Waals surface area contributed by atoms with E-state index in [2.05, 4.69) is 16.6 Å². The summed E-state index contributed by atoms with van der Waals surface area (Å²) in [5.41, 5.74) is 5.01. The molecule has 2 rings (SSSR count). The SMILES string of the molecule is C#CCCC(NC(=O)C1CCCN1C(=O)C(NC(N)=O)C1(C)CCCCCC1)C(C)=O. The molecule has 0 radical (unpaired) electrons. The lowest BCUT2D eigenvalue weighted by atomic mass is 9.75. The molecule has 8 heteroatoms. The van der Waals surface area contributed by atoms with Crippen molar-refractivity contribution in [2.75, 3.05) is 6.54 Å². The Hall–Kier alpha value is -2.56. The molecule has 2 aliphatic rings. The van der Waals surface area contributed by atoms with E-state index < -0.39 is 29.6 Å². The minimum atomic E-state index is -0.776. The molecule has 2 fully saturated rings. The van der Waals surface area contributed by atoms with Gasteiger partial charge in [-0.1, -0.05) is 32.6 Å².